The van der Waals surface area contributed by atoms with E-state index in [-0.39, 0.29) is 5.63 Å². The van der Waals surface area contributed by atoms with Crippen LogP contribution in [0.15, 0.2) is 27.5 Å². The van der Waals surface area contributed by atoms with Crippen LogP contribution in [-0.4, -0.2) is 17.2 Å². The highest BCUT2D eigenvalue weighted by Crippen LogP contribution is 2.38. The van der Waals surface area contributed by atoms with Crippen molar-refractivity contribution in [2.24, 2.45) is 17.8 Å². The topological polar surface area (TPSA) is 49.2 Å². The number of aromatic nitrogens is 1. The van der Waals surface area contributed by atoms with Gasteiger partial charge in [0, 0.05) is 17.8 Å². The lowest BCUT2D eigenvalue weighted by Crippen LogP contribution is -2.47. The molecule has 1 N–H and O–H groups in total. The summed E-state index contributed by atoms with van der Waals surface area (Å²) in [7, 11) is 0. The Balaban J connectivity index is 1.81. The van der Waals surface area contributed by atoms with Crippen molar-refractivity contribution in [1.29, 1.82) is 0 Å². The van der Waals surface area contributed by atoms with Gasteiger partial charge in [0.15, 0.2) is 0 Å². The normalized spacial score (nSPS) is 25.6. The summed E-state index contributed by atoms with van der Waals surface area (Å²) in [6.45, 7) is 13.7. The van der Waals surface area contributed by atoms with Crippen LogP contribution in [0.5, 0.6) is 0 Å². The van der Waals surface area contributed by atoms with Crippen LogP contribution in [-0.2, 0) is 6.42 Å². The van der Waals surface area contributed by atoms with Crippen molar-refractivity contribution < 1.29 is 4.52 Å². The van der Waals surface area contributed by atoms with E-state index in [1.807, 2.05) is 0 Å². The van der Waals surface area contributed by atoms with E-state index in [1.54, 1.807) is 0 Å². The molecular weight excluding hydrogens is 492 g/mol. The van der Waals surface area contributed by atoms with Crippen molar-refractivity contribution in [2.75, 3.05) is 4.90 Å². The summed E-state index contributed by atoms with van der Waals surface area (Å²) in [5.41, 5.74) is 4.84. The van der Waals surface area contributed by atoms with E-state index in [0.717, 1.165) is 35.6 Å². The Morgan fingerprint density at radius 3 is 2.50 bits per heavy atom. The van der Waals surface area contributed by atoms with Crippen molar-refractivity contribution in [2.45, 2.75) is 144 Å². The molecule has 0 amide bonds. The maximum absolute atomic E-state index is 12.8. The summed E-state index contributed by atoms with van der Waals surface area (Å²) in [5.74, 6) is 2.32. The van der Waals surface area contributed by atoms with E-state index in [1.165, 1.54) is 93.9 Å². The third kappa shape index (κ3) is 7.53. The molecule has 0 aliphatic heterocycles. The number of H-pyrrole nitrogens is 1. The Labute approximate surface area is 243 Å². The number of aromatic amines is 1. The fourth-order valence-corrected chi connectivity index (χ4v) is 7.31. The molecule has 4 heteroatoms. The fraction of sp³-hybridized carbons (Fsp3) is 0.694. The fourth-order valence-electron chi connectivity index (χ4n) is 7.31. The Morgan fingerprint density at radius 2 is 1.82 bits per heavy atom. The predicted octanol–water partition coefficient (Wildman–Crippen LogP) is 8.10. The molecule has 1 heterocycles. The van der Waals surface area contributed by atoms with E-state index in [9.17, 15) is 4.79 Å². The van der Waals surface area contributed by atoms with Crippen LogP contribution in [0.1, 0.15) is 136 Å². The molecule has 2 fully saturated rings. The zero-order valence-electron chi connectivity index (χ0n) is 26.4. The second kappa shape index (κ2) is 14.6. The van der Waals surface area contributed by atoms with Crippen molar-refractivity contribution in [3.8, 4) is 0 Å². The standard InChI is InChI=1S/C36H56N2O2/c1-7-10-13-28(9-3)22-30-23-33(20-17-29(30)24-34-35(27(6)8-2)37-40-36(34)39)38(31-18-15-25(4)16-19-31)32-14-11-12-26(5)21-32/h17,20,23-26,28,31-32,37H,7-16,18-19,21-22H2,1-6H3. The molecule has 0 bridgehead atoms. The van der Waals surface area contributed by atoms with Crippen LogP contribution in [0.2, 0.25) is 0 Å². The van der Waals surface area contributed by atoms with Crippen LogP contribution in [0.4, 0.5) is 5.69 Å². The smallest absolute Gasteiger partial charge is 0.365 e. The molecule has 2 aromatic rings. The monoisotopic (exact) mass is 548 g/mol. The first-order chi connectivity index (χ1) is 19.3. The second-order valence-electron chi connectivity index (χ2n) is 13.3. The van der Waals surface area contributed by atoms with Crippen molar-refractivity contribution >= 4 is 17.3 Å². The molecule has 3 atom stereocenters. The van der Waals surface area contributed by atoms with Crippen molar-refractivity contribution in [3.63, 3.8) is 0 Å². The number of benzene rings is 1. The van der Waals surface area contributed by atoms with Gasteiger partial charge in [-0.2, -0.15) is 0 Å². The quantitative estimate of drug-likeness (QED) is 0.309. The third-order valence-corrected chi connectivity index (χ3v) is 10.1. The van der Waals surface area contributed by atoms with Gasteiger partial charge in [0.1, 0.15) is 0 Å². The minimum Gasteiger partial charge on any atom is -0.366 e. The lowest BCUT2D eigenvalue weighted by Gasteiger charge is -2.45. The molecule has 0 spiro atoms. The average molecular weight is 549 g/mol. The SMILES string of the molecule is CCCCC(CC)Cc1cc(N(C2CCC(C)CC2)C2CCCC(C)C2)ccc1C=c1c(=C(C)CC)[nH]oc1=O. The highest BCUT2D eigenvalue weighted by Gasteiger charge is 2.32. The van der Waals surface area contributed by atoms with Crippen molar-refractivity contribution in [3.05, 3.63) is 50.3 Å². The van der Waals surface area contributed by atoms with E-state index >= 15 is 0 Å². The number of unbranched alkanes of at least 4 members (excludes halogenated alkanes) is 1. The zero-order chi connectivity index (χ0) is 28.6. The first kappa shape index (κ1) is 30.7. The van der Waals surface area contributed by atoms with Gasteiger partial charge in [-0.05, 0) is 111 Å². The molecular formula is C36H56N2O2. The van der Waals surface area contributed by atoms with Gasteiger partial charge in [-0.3, -0.25) is 0 Å². The van der Waals surface area contributed by atoms with Gasteiger partial charge in [0.25, 0.3) is 0 Å². The lowest BCUT2D eigenvalue weighted by atomic mass is 9.81. The number of hydrogen-bond acceptors (Lipinski definition) is 3. The minimum absolute atomic E-state index is 0.273. The number of nitrogens with zero attached hydrogens (tertiary/aromatic N) is 1. The van der Waals surface area contributed by atoms with Gasteiger partial charge in [-0.1, -0.05) is 79.2 Å². The number of hydrogen-bond donors (Lipinski definition) is 1. The van der Waals surface area contributed by atoms with E-state index in [2.05, 4.69) is 75.9 Å². The molecule has 4 nitrogen and oxygen atoms in total. The van der Waals surface area contributed by atoms with E-state index < -0.39 is 0 Å². The third-order valence-electron chi connectivity index (χ3n) is 10.1. The molecule has 2 aliphatic carbocycles. The predicted molar refractivity (Wildman–Crippen MR) is 170 cm³/mol. The van der Waals surface area contributed by atoms with Gasteiger partial charge >= 0.3 is 5.63 Å². The van der Waals surface area contributed by atoms with Crippen molar-refractivity contribution in [1.82, 2.24) is 5.16 Å². The van der Waals surface area contributed by atoms with Crippen LogP contribution in [0, 0.1) is 17.8 Å². The van der Waals surface area contributed by atoms with Gasteiger partial charge in [0.2, 0.25) is 0 Å². The maximum Gasteiger partial charge on any atom is 0.365 e. The number of anilines is 1. The average Bonchev–Trinajstić information content (AvgIpc) is 3.32. The molecule has 0 radical (unpaired) electrons. The van der Waals surface area contributed by atoms with Gasteiger partial charge in [-0.25, -0.2) is 9.95 Å². The number of nitrogens with one attached hydrogen (secondary N) is 1. The van der Waals surface area contributed by atoms with Gasteiger partial charge in [0.05, 0.1) is 10.6 Å². The largest absolute Gasteiger partial charge is 0.366 e. The Hall–Kier alpha value is -2.23. The zero-order valence-corrected chi connectivity index (χ0v) is 26.4. The molecule has 222 valence electrons. The van der Waals surface area contributed by atoms with Gasteiger partial charge in [-0.15, -0.1) is 0 Å². The summed E-state index contributed by atoms with van der Waals surface area (Å²) in [5, 5.41) is 4.41. The molecule has 2 saturated carbocycles. The van der Waals surface area contributed by atoms with E-state index in [0.29, 0.717) is 23.2 Å². The molecule has 2 aliphatic rings. The lowest BCUT2D eigenvalue weighted by molar-refractivity contribution is 0.273. The molecule has 0 saturated heterocycles. The summed E-state index contributed by atoms with van der Waals surface area (Å²) in [6, 6.07) is 8.46. The van der Waals surface area contributed by atoms with Crippen LogP contribution >= 0.6 is 0 Å². The van der Waals surface area contributed by atoms with Crippen LogP contribution in [0.25, 0.3) is 11.6 Å². The van der Waals surface area contributed by atoms with Crippen LogP contribution < -0.4 is 21.1 Å². The number of rotatable bonds is 11. The van der Waals surface area contributed by atoms with Crippen LogP contribution in [0.3, 0.4) is 0 Å². The second-order valence-corrected chi connectivity index (χ2v) is 13.3. The Kier molecular flexibility index (Phi) is 11.2. The summed E-state index contributed by atoms with van der Waals surface area (Å²) in [4.78, 5) is 15.7. The molecule has 4 rings (SSSR count). The summed E-state index contributed by atoms with van der Waals surface area (Å²) >= 11 is 0. The molecule has 40 heavy (non-hydrogen) atoms. The summed E-state index contributed by atoms with van der Waals surface area (Å²) in [6.07, 6.45) is 19.7. The summed E-state index contributed by atoms with van der Waals surface area (Å²) < 4.78 is 5.28. The molecule has 3 unspecified atom stereocenters. The first-order valence-electron chi connectivity index (χ1n) is 16.6. The highest BCUT2D eigenvalue weighted by molar-refractivity contribution is 5.62. The highest BCUT2D eigenvalue weighted by atomic mass is 16.5. The first-order valence-corrected chi connectivity index (χ1v) is 16.6. The van der Waals surface area contributed by atoms with E-state index in [4.69, 9.17) is 4.52 Å². The Bertz CT molecular complexity index is 1250. The van der Waals surface area contributed by atoms with Gasteiger partial charge < -0.3 is 9.42 Å². The Morgan fingerprint density at radius 1 is 1.05 bits per heavy atom. The molecule has 1 aromatic carbocycles. The minimum atomic E-state index is -0.273. The molecule has 1 aromatic heterocycles. The maximum atomic E-state index is 12.8.